The van der Waals surface area contributed by atoms with E-state index in [2.05, 4.69) is 68.6 Å². The lowest BCUT2D eigenvalue weighted by atomic mass is 9.94. The maximum atomic E-state index is 6.07. The summed E-state index contributed by atoms with van der Waals surface area (Å²) in [6, 6.07) is 17.4. The number of hydrogen-bond acceptors (Lipinski definition) is 2. The Morgan fingerprint density at radius 2 is 1.67 bits per heavy atom. The summed E-state index contributed by atoms with van der Waals surface area (Å²) in [5.74, 6) is 1.00. The van der Waals surface area contributed by atoms with E-state index < -0.39 is 0 Å². The van der Waals surface area contributed by atoms with E-state index in [0.717, 1.165) is 18.7 Å². The molecule has 0 radical (unpaired) electrons. The van der Waals surface area contributed by atoms with Gasteiger partial charge >= 0.3 is 0 Å². The Bertz CT molecular complexity index is 616. The van der Waals surface area contributed by atoms with Gasteiger partial charge in [-0.25, -0.2) is 0 Å². The number of fused-ring (bicyclic) bond motifs is 1. The van der Waals surface area contributed by atoms with Crippen LogP contribution in [0.4, 0.5) is 0 Å². The first-order valence-electron chi connectivity index (χ1n) is 7.69. The van der Waals surface area contributed by atoms with Crippen molar-refractivity contribution >= 4 is 0 Å². The number of aryl methyl sites for hydroxylation is 1. The molecule has 0 bridgehead atoms. The molecule has 1 unspecified atom stereocenters. The van der Waals surface area contributed by atoms with Gasteiger partial charge in [0.1, 0.15) is 11.4 Å². The summed E-state index contributed by atoms with van der Waals surface area (Å²) in [6.45, 7) is 7.33. The lowest BCUT2D eigenvalue weighted by Gasteiger charge is -2.27. The fraction of sp³-hybridized carbons (Fsp3) is 0.368. The largest absolute Gasteiger partial charge is 0.486 e. The number of para-hydroxylation sites is 1. The Hall–Kier alpha value is -1.80. The maximum absolute atomic E-state index is 6.07. The molecule has 1 aliphatic rings. The second-order valence-corrected chi connectivity index (χ2v) is 6.23. The molecule has 0 aromatic heterocycles. The quantitative estimate of drug-likeness (QED) is 0.904. The van der Waals surface area contributed by atoms with Crippen LogP contribution in [0.1, 0.15) is 43.5 Å². The highest BCUT2D eigenvalue weighted by Gasteiger charge is 2.40. The molecular weight excluding hydrogens is 258 g/mol. The lowest BCUT2D eigenvalue weighted by molar-refractivity contribution is 0.0958. The van der Waals surface area contributed by atoms with Crippen LogP contribution in [0.5, 0.6) is 5.75 Å². The number of rotatable bonds is 4. The first-order valence-corrected chi connectivity index (χ1v) is 7.69. The standard InChI is InChI=1S/C19H23NO/c1-4-14-9-11-15(12-10-14)13-20-18-16-7-5-6-8-17(16)21-19(18,2)3/h5-12,18,20H,4,13H2,1-3H3. The van der Waals surface area contributed by atoms with Gasteiger partial charge in [0.2, 0.25) is 0 Å². The van der Waals surface area contributed by atoms with Crippen molar-refractivity contribution in [2.45, 2.75) is 45.4 Å². The smallest absolute Gasteiger partial charge is 0.125 e. The van der Waals surface area contributed by atoms with Crippen LogP contribution in [-0.4, -0.2) is 5.60 Å². The van der Waals surface area contributed by atoms with Crippen molar-refractivity contribution < 1.29 is 4.74 Å². The first kappa shape index (κ1) is 14.2. The Morgan fingerprint density at radius 1 is 1.00 bits per heavy atom. The molecule has 2 nitrogen and oxygen atoms in total. The van der Waals surface area contributed by atoms with Gasteiger partial charge in [-0.15, -0.1) is 0 Å². The molecule has 0 spiro atoms. The Balaban J connectivity index is 1.74. The third-order valence-corrected chi connectivity index (χ3v) is 4.24. The molecule has 1 atom stereocenters. The second-order valence-electron chi connectivity index (χ2n) is 6.23. The summed E-state index contributed by atoms with van der Waals surface area (Å²) in [4.78, 5) is 0. The molecule has 21 heavy (non-hydrogen) atoms. The van der Waals surface area contributed by atoms with Crippen molar-refractivity contribution in [3.8, 4) is 5.75 Å². The van der Waals surface area contributed by atoms with Crippen LogP contribution in [0.15, 0.2) is 48.5 Å². The molecule has 0 amide bonds. The fourth-order valence-corrected chi connectivity index (χ4v) is 3.00. The molecule has 2 aromatic rings. The third-order valence-electron chi connectivity index (χ3n) is 4.24. The maximum Gasteiger partial charge on any atom is 0.125 e. The summed E-state index contributed by atoms with van der Waals surface area (Å²) < 4.78 is 6.07. The number of ether oxygens (including phenoxy) is 1. The van der Waals surface area contributed by atoms with Crippen LogP contribution in [0.25, 0.3) is 0 Å². The molecule has 1 N–H and O–H groups in total. The summed E-state index contributed by atoms with van der Waals surface area (Å²) in [5.41, 5.74) is 3.74. The van der Waals surface area contributed by atoms with Gasteiger partial charge in [-0.05, 0) is 37.5 Å². The predicted molar refractivity (Wildman–Crippen MR) is 86.5 cm³/mol. The molecule has 0 saturated carbocycles. The van der Waals surface area contributed by atoms with E-state index in [0.29, 0.717) is 0 Å². The molecule has 0 fully saturated rings. The number of nitrogens with one attached hydrogen (secondary N) is 1. The summed E-state index contributed by atoms with van der Waals surface area (Å²) in [7, 11) is 0. The zero-order chi connectivity index (χ0) is 14.9. The molecule has 1 heterocycles. The van der Waals surface area contributed by atoms with Gasteiger partial charge in [-0.2, -0.15) is 0 Å². The molecule has 110 valence electrons. The van der Waals surface area contributed by atoms with E-state index in [1.165, 1.54) is 16.7 Å². The van der Waals surface area contributed by atoms with Crippen LogP contribution in [0, 0.1) is 0 Å². The van der Waals surface area contributed by atoms with Crippen LogP contribution < -0.4 is 10.1 Å². The van der Waals surface area contributed by atoms with Gasteiger partial charge in [0.15, 0.2) is 0 Å². The van der Waals surface area contributed by atoms with Crippen molar-refractivity contribution in [2.24, 2.45) is 0 Å². The van der Waals surface area contributed by atoms with E-state index in [-0.39, 0.29) is 11.6 Å². The SMILES string of the molecule is CCc1ccc(CNC2c3ccccc3OC2(C)C)cc1. The molecule has 0 aliphatic carbocycles. The van der Waals surface area contributed by atoms with Crippen LogP contribution in [0.3, 0.4) is 0 Å². The van der Waals surface area contributed by atoms with E-state index in [9.17, 15) is 0 Å². The third kappa shape index (κ3) is 2.81. The minimum absolute atomic E-state index is 0.215. The topological polar surface area (TPSA) is 21.3 Å². The zero-order valence-corrected chi connectivity index (χ0v) is 13.0. The van der Waals surface area contributed by atoms with E-state index >= 15 is 0 Å². The Kier molecular flexibility index (Phi) is 3.73. The van der Waals surface area contributed by atoms with E-state index in [1.807, 2.05) is 6.07 Å². The predicted octanol–water partition coefficient (Wildman–Crippen LogP) is 4.25. The summed E-state index contributed by atoms with van der Waals surface area (Å²) >= 11 is 0. The van der Waals surface area contributed by atoms with Gasteiger partial charge in [-0.1, -0.05) is 49.4 Å². The molecule has 2 heteroatoms. The average molecular weight is 281 g/mol. The van der Waals surface area contributed by atoms with Crippen LogP contribution >= 0.6 is 0 Å². The average Bonchev–Trinajstić information content (AvgIpc) is 2.75. The normalized spacial score (nSPS) is 19.1. The molecule has 2 aromatic carbocycles. The highest BCUT2D eigenvalue weighted by Crippen LogP contribution is 2.42. The van der Waals surface area contributed by atoms with Gasteiger partial charge in [0, 0.05) is 12.1 Å². The molecule has 3 rings (SSSR count). The van der Waals surface area contributed by atoms with E-state index in [1.54, 1.807) is 0 Å². The van der Waals surface area contributed by atoms with Crippen molar-refractivity contribution in [3.05, 3.63) is 65.2 Å². The van der Waals surface area contributed by atoms with Gasteiger partial charge in [-0.3, -0.25) is 0 Å². The zero-order valence-electron chi connectivity index (χ0n) is 13.0. The lowest BCUT2D eigenvalue weighted by Crippen LogP contribution is -2.38. The van der Waals surface area contributed by atoms with Gasteiger partial charge in [0.25, 0.3) is 0 Å². The number of benzene rings is 2. The molecule has 0 saturated heterocycles. The van der Waals surface area contributed by atoms with Crippen LogP contribution in [-0.2, 0) is 13.0 Å². The summed E-state index contributed by atoms with van der Waals surface area (Å²) in [5, 5.41) is 3.66. The monoisotopic (exact) mass is 281 g/mol. The highest BCUT2D eigenvalue weighted by atomic mass is 16.5. The molecular formula is C19H23NO. The van der Waals surface area contributed by atoms with Crippen molar-refractivity contribution in [1.29, 1.82) is 0 Å². The van der Waals surface area contributed by atoms with Crippen molar-refractivity contribution in [2.75, 3.05) is 0 Å². The molecule has 1 aliphatic heterocycles. The fourth-order valence-electron chi connectivity index (χ4n) is 3.00. The van der Waals surface area contributed by atoms with Gasteiger partial charge < -0.3 is 10.1 Å². The minimum Gasteiger partial charge on any atom is -0.486 e. The van der Waals surface area contributed by atoms with Crippen LogP contribution in [0.2, 0.25) is 0 Å². The minimum atomic E-state index is -0.215. The van der Waals surface area contributed by atoms with Crippen molar-refractivity contribution in [3.63, 3.8) is 0 Å². The first-order chi connectivity index (χ1) is 10.1. The highest BCUT2D eigenvalue weighted by molar-refractivity contribution is 5.42. The number of hydrogen-bond donors (Lipinski definition) is 1. The van der Waals surface area contributed by atoms with Crippen molar-refractivity contribution in [1.82, 2.24) is 5.32 Å². The Labute approximate surface area is 127 Å². The summed E-state index contributed by atoms with van der Waals surface area (Å²) in [6.07, 6.45) is 1.09. The van der Waals surface area contributed by atoms with Gasteiger partial charge in [0.05, 0.1) is 6.04 Å². The second kappa shape index (κ2) is 5.53. The Morgan fingerprint density at radius 3 is 2.38 bits per heavy atom. The van der Waals surface area contributed by atoms with E-state index in [4.69, 9.17) is 4.74 Å².